The Morgan fingerprint density at radius 1 is 1.45 bits per heavy atom. The summed E-state index contributed by atoms with van der Waals surface area (Å²) in [6.45, 7) is 0. The quantitative estimate of drug-likeness (QED) is 0.591. The number of aromatic nitrogens is 2. The average Bonchev–Trinajstić information content (AvgIpc) is 2.35. The number of nitrogens with zero attached hydrogens (tertiary/aromatic N) is 1. The molecule has 0 aliphatic heterocycles. The zero-order valence-electron chi connectivity index (χ0n) is 6.16. The van der Waals surface area contributed by atoms with Crippen LogP contribution in [0.3, 0.4) is 0 Å². The summed E-state index contributed by atoms with van der Waals surface area (Å²) < 4.78 is 1.89. The topological polar surface area (TPSA) is 37.8 Å². The highest BCUT2D eigenvalue weighted by Crippen LogP contribution is 2.04. The van der Waals surface area contributed by atoms with Gasteiger partial charge in [-0.05, 0) is 6.07 Å². The normalized spacial score (nSPS) is 10.6. The van der Waals surface area contributed by atoms with E-state index in [1.807, 2.05) is 23.9 Å². The average molecular weight is 148 g/mol. The number of rotatable bonds is 0. The summed E-state index contributed by atoms with van der Waals surface area (Å²) in [7, 11) is 1.90. The van der Waals surface area contributed by atoms with Crippen LogP contribution < -0.4 is 5.43 Å². The van der Waals surface area contributed by atoms with Crippen LogP contribution in [0.15, 0.2) is 29.3 Å². The van der Waals surface area contributed by atoms with Gasteiger partial charge in [0.1, 0.15) is 5.65 Å². The van der Waals surface area contributed by atoms with Crippen LogP contribution in [0.4, 0.5) is 0 Å². The molecule has 0 bridgehead atoms. The third kappa shape index (κ3) is 0.774. The Kier molecular flexibility index (Phi) is 1.12. The number of fused-ring (bicyclic) bond motifs is 1. The van der Waals surface area contributed by atoms with E-state index in [-0.39, 0.29) is 5.43 Å². The summed E-state index contributed by atoms with van der Waals surface area (Å²) in [5.74, 6) is 0. The van der Waals surface area contributed by atoms with Gasteiger partial charge in [-0.2, -0.15) is 0 Å². The lowest BCUT2D eigenvalue weighted by molar-refractivity contribution is 0.948. The Morgan fingerprint density at radius 3 is 3.00 bits per heavy atom. The van der Waals surface area contributed by atoms with Gasteiger partial charge in [0.2, 0.25) is 0 Å². The maximum absolute atomic E-state index is 11.2. The molecule has 0 saturated carbocycles. The Hall–Kier alpha value is -1.51. The van der Waals surface area contributed by atoms with Gasteiger partial charge in [-0.3, -0.25) is 4.79 Å². The first-order valence-electron chi connectivity index (χ1n) is 3.42. The molecule has 3 heteroatoms. The maximum atomic E-state index is 11.2. The Morgan fingerprint density at radius 2 is 2.27 bits per heavy atom. The summed E-state index contributed by atoms with van der Waals surface area (Å²) in [6.07, 6.45) is 3.52. The van der Waals surface area contributed by atoms with Crippen LogP contribution in [0.1, 0.15) is 0 Å². The minimum atomic E-state index is 0.0688. The monoisotopic (exact) mass is 148 g/mol. The number of H-pyrrole nitrogens is 1. The molecule has 11 heavy (non-hydrogen) atoms. The molecule has 0 fully saturated rings. The zero-order valence-corrected chi connectivity index (χ0v) is 6.16. The molecule has 0 aliphatic rings. The molecule has 2 rings (SSSR count). The molecule has 1 N–H and O–H groups in total. The zero-order chi connectivity index (χ0) is 7.84. The molecular formula is C8H8N2O. The van der Waals surface area contributed by atoms with E-state index in [0.29, 0.717) is 0 Å². The Bertz CT molecular complexity index is 439. The predicted molar refractivity (Wildman–Crippen MR) is 43.5 cm³/mol. The molecule has 0 amide bonds. The Balaban J connectivity index is 3.06. The first-order valence-corrected chi connectivity index (χ1v) is 3.42. The molecule has 2 heterocycles. The minimum Gasteiger partial charge on any atom is -0.347 e. The summed E-state index contributed by atoms with van der Waals surface area (Å²) in [6, 6.07) is 3.34. The standard InChI is InChI=1S/C8H8N2O/c1-10-5-3-6-7(11)2-4-9-8(6)10/h2-5H,1H3,(H,9,11). The van der Waals surface area contributed by atoms with Gasteiger partial charge in [0.15, 0.2) is 5.43 Å². The van der Waals surface area contributed by atoms with Gasteiger partial charge < -0.3 is 9.55 Å². The van der Waals surface area contributed by atoms with Gasteiger partial charge in [0, 0.05) is 25.5 Å². The minimum absolute atomic E-state index is 0.0688. The summed E-state index contributed by atoms with van der Waals surface area (Å²) in [5, 5.41) is 0.745. The smallest absolute Gasteiger partial charge is 0.190 e. The fraction of sp³-hybridized carbons (Fsp3) is 0.125. The van der Waals surface area contributed by atoms with E-state index in [1.54, 1.807) is 6.20 Å². The van der Waals surface area contributed by atoms with E-state index in [2.05, 4.69) is 4.98 Å². The van der Waals surface area contributed by atoms with E-state index >= 15 is 0 Å². The molecule has 0 spiro atoms. The van der Waals surface area contributed by atoms with Gasteiger partial charge in [-0.15, -0.1) is 0 Å². The lowest BCUT2D eigenvalue weighted by atomic mass is 10.3. The van der Waals surface area contributed by atoms with Crippen LogP contribution in [0.2, 0.25) is 0 Å². The van der Waals surface area contributed by atoms with Crippen molar-refractivity contribution >= 4 is 11.0 Å². The molecule has 0 saturated heterocycles. The maximum Gasteiger partial charge on any atom is 0.190 e. The van der Waals surface area contributed by atoms with Crippen LogP contribution in [0.5, 0.6) is 0 Å². The van der Waals surface area contributed by atoms with Crippen LogP contribution in [0, 0.1) is 0 Å². The van der Waals surface area contributed by atoms with E-state index in [4.69, 9.17) is 0 Å². The van der Waals surface area contributed by atoms with Crippen molar-refractivity contribution in [3.8, 4) is 0 Å². The second-order valence-electron chi connectivity index (χ2n) is 2.53. The number of aromatic amines is 1. The van der Waals surface area contributed by atoms with Crippen molar-refractivity contribution in [2.75, 3.05) is 0 Å². The predicted octanol–water partition coefficient (Wildman–Crippen LogP) is 0.867. The molecule has 3 nitrogen and oxygen atoms in total. The third-order valence-electron chi connectivity index (χ3n) is 1.79. The van der Waals surface area contributed by atoms with E-state index < -0.39 is 0 Å². The fourth-order valence-electron chi connectivity index (χ4n) is 1.19. The molecule has 0 aromatic carbocycles. The second kappa shape index (κ2) is 1.99. The van der Waals surface area contributed by atoms with Crippen molar-refractivity contribution in [1.82, 2.24) is 9.55 Å². The van der Waals surface area contributed by atoms with Crippen LogP contribution >= 0.6 is 0 Å². The fourth-order valence-corrected chi connectivity index (χ4v) is 1.19. The van der Waals surface area contributed by atoms with E-state index in [1.165, 1.54) is 6.07 Å². The molecule has 2 aromatic heterocycles. The summed E-state index contributed by atoms with van der Waals surface area (Å²) in [5.41, 5.74) is 0.942. The molecule has 0 aliphatic carbocycles. The number of nitrogens with one attached hydrogen (secondary N) is 1. The molecule has 0 unspecified atom stereocenters. The van der Waals surface area contributed by atoms with E-state index in [9.17, 15) is 4.79 Å². The number of pyridine rings is 1. The summed E-state index contributed by atoms with van der Waals surface area (Å²) >= 11 is 0. The Labute approximate surface area is 63.3 Å². The van der Waals surface area contributed by atoms with Crippen molar-refractivity contribution in [1.29, 1.82) is 0 Å². The highest BCUT2D eigenvalue weighted by atomic mass is 16.1. The summed E-state index contributed by atoms with van der Waals surface area (Å²) in [4.78, 5) is 14.2. The first-order chi connectivity index (χ1) is 5.29. The van der Waals surface area contributed by atoms with Crippen molar-refractivity contribution in [2.45, 2.75) is 0 Å². The van der Waals surface area contributed by atoms with Gasteiger partial charge in [0.05, 0.1) is 5.39 Å². The van der Waals surface area contributed by atoms with Crippen LogP contribution in [0.25, 0.3) is 11.0 Å². The number of hydrogen-bond donors (Lipinski definition) is 1. The highest BCUT2D eigenvalue weighted by Gasteiger charge is 1.98. The second-order valence-corrected chi connectivity index (χ2v) is 2.53. The van der Waals surface area contributed by atoms with Gasteiger partial charge >= 0.3 is 0 Å². The third-order valence-corrected chi connectivity index (χ3v) is 1.79. The van der Waals surface area contributed by atoms with Crippen LogP contribution in [-0.4, -0.2) is 9.55 Å². The van der Waals surface area contributed by atoms with Crippen molar-refractivity contribution < 1.29 is 0 Å². The molecule has 2 aromatic rings. The molecule has 56 valence electrons. The molecule has 0 atom stereocenters. The van der Waals surface area contributed by atoms with Crippen LogP contribution in [-0.2, 0) is 7.05 Å². The highest BCUT2D eigenvalue weighted by molar-refractivity contribution is 5.75. The largest absolute Gasteiger partial charge is 0.347 e. The first kappa shape index (κ1) is 6.22. The van der Waals surface area contributed by atoms with Crippen molar-refractivity contribution in [2.24, 2.45) is 7.05 Å². The lowest BCUT2D eigenvalue weighted by Crippen LogP contribution is -1.99. The number of hydrogen-bond acceptors (Lipinski definition) is 1. The van der Waals surface area contributed by atoms with Gasteiger partial charge in [-0.1, -0.05) is 0 Å². The van der Waals surface area contributed by atoms with Crippen molar-refractivity contribution in [3.63, 3.8) is 0 Å². The molecule has 0 radical (unpaired) electrons. The SMILES string of the molecule is Cn1ccc2c(=O)cc[nH]c21. The number of aryl methyl sites for hydroxylation is 1. The van der Waals surface area contributed by atoms with Gasteiger partial charge in [0.25, 0.3) is 0 Å². The van der Waals surface area contributed by atoms with E-state index in [0.717, 1.165) is 11.0 Å². The lowest BCUT2D eigenvalue weighted by Gasteiger charge is -1.92. The molecular weight excluding hydrogens is 140 g/mol. The van der Waals surface area contributed by atoms with Crippen molar-refractivity contribution in [3.05, 3.63) is 34.7 Å². The van der Waals surface area contributed by atoms with Gasteiger partial charge in [-0.25, -0.2) is 0 Å².